The SMILES string of the molecule is CN/C(=C1/C(=O)N(C)C(c2cccc3ccccc23)=C1C=O)c1ccc(-c2ccccc2)cc1C. The fourth-order valence-electron chi connectivity index (χ4n) is 4.95. The molecule has 35 heavy (non-hydrogen) atoms. The van der Waals surface area contributed by atoms with Gasteiger partial charge < -0.3 is 10.2 Å². The number of aryl methyl sites for hydroxylation is 1. The molecule has 0 saturated carbocycles. The van der Waals surface area contributed by atoms with Gasteiger partial charge in [-0.05, 0) is 34.4 Å². The molecule has 4 heteroatoms. The van der Waals surface area contributed by atoms with Crippen molar-refractivity contribution < 1.29 is 9.59 Å². The van der Waals surface area contributed by atoms with Crippen LogP contribution in [-0.4, -0.2) is 31.2 Å². The number of carbonyl (C=O) groups excluding carboxylic acids is 2. The van der Waals surface area contributed by atoms with E-state index in [1.165, 1.54) is 0 Å². The van der Waals surface area contributed by atoms with Crippen molar-refractivity contribution in [2.45, 2.75) is 6.92 Å². The van der Waals surface area contributed by atoms with Gasteiger partial charge in [-0.15, -0.1) is 0 Å². The lowest BCUT2D eigenvalue weighted by Gasteiger charge is -2.17. The van der Waals surface area contributed by atoms with Gasteiger partial charge in [0, 0.05) is 25.2 Å². The number of nitrogens with zero attached hydrogens (tertiary/aromatic N) is 1. The van der Waals surface area contributed by atoms with Crippen molar-refractivity contribution in [3.8, 4) is 11.1 Å². The van der Waals surface area contributed by atoms with Crippen molar-refractivity contribution in [1.82, 2.24) is 10.2 Å². The van der Waals surface area contributed by atoms with Crippen LogP contribution in [0.5, 0.6) is 0 Å². The van der Waals surface area contributed by atoms with E-state index in [-0.39, 0.29) is 5.91 Å². The monoisotopic (exact) mass is 458 g/mol. The summed E-state index contributed by atoms with van der Waals surface area (Å²) in [6.45, 7) is 2.03. The first-order valence-electron chi connectivity index (χ1n) is 11.6. The Balaban J connectivity index is 1.72. The van der Waals surface area contributed by atoms with Crippen LogP contribution < -0.4 is 5.32 Å². The summed E-state index contributed by atoms with van der Waals surface area (Å²) in [6.07, 6.45) is 0.804. The molecule has 1 amide bonds. The third-order valence-electron chi connectivity index (χ3n) is 6.64. The largest absolute Gasteiger partial charge is 0.387 e. The van der Waals surface area contributed by atoms with E-state index >= 15 is 0 Å². The van der Waals surface area contributed by atoms with Crippen LogP contribution in [0.4, 0.5) is 0 Å². The molecule has 0 fully saturated rings. The molecule has 0 spiro atoms. The van der Waals surface area contributed by atoms with Gasteiger partial charge in [-0.25, -0.2) is 0 Å². The van der Waals surface area contributed by atoms with E-state index < -0.39 is 0 Å². The molecular formula is C31H26N2O2. The fraction of sp³-hybridized carbons (Fsp3) is 0.0968. The minimum atomic E-state index is -0.203. The second-order valence-electron chi connectivity index (χ2n) is 8.67. The van der Waals surface area contributed by atoms with Gasteiger partial charge in [0.25, 0.3) is 5.91 Å². The third-order valence-corrected chi connectivity index (χ3v) is 6.64. The summed E-state index contributed by atoms with van der Waals surface area (Å²) in [6, 6.07) is 30.3. The van der Waals surface area contributed by atoms with Crippen LogP contribution in [0, 0.1) is 6.92 Å². The van der Waals surface area contributed by atoms with Crippen LogP contribution in [0.15, 0.2) is 102 Å². The Kier molecular flexibility index (Phi) is 5.79. The molecular weight excluding hydrogens is 432 g/mol. The van der Waals surface area contributed by atoms with Crippen LogP contribution in [0.2, 0.25) is 0 Å². The Labute approximate surface area is 205 Å². The van der Waals surface area contributed by atoms with Crippen molar-refractivity contribution in [3.05, 3.63) is 119 Å². The molecule has 0 saturated heterocycles. The molecule has 0 radical (unpaired) electrons. The molecule has 0 unspecified atom stereocenters. The molecule has 0 aromatic heterocycles. The minimum Gasteiger partial charge on any atom is -0.387 e. The van der Waals surface area contributed by atoms with Crippen LogP contribution in [0.25, 0.3) is 33.3 Å². The average Bonchev–Trinajstić information content (AvgIpc) is 3.15. The zero-order valence-corrected chi connectivity index (χ0v) is 20.0. The minimum absolute atomic E-state index is 0.203. The fourth-order valence-corrected chi connectivity index (χ4v) is 4.95. The highest BCUT2D eigenvalue weighted by molar-refractivity contribution is 6.22. The van der Waals surface area contributed by atoms with Gasteiger partial charge >= 0.3 is 0 Å². The normalized spacial score (nSPS) is 15.1. The number of hydrogen-bond acceptors (Lipinski definition) is 3. The van der Waals surface area contributed by atoms with Crippen molar-refractivity contribution >= 4 is 34.4 Å². The van der Waals surface area contributed by atoms with Crippen molar-refractivity contribution in [3.63, 3.8) is 0 Å². The van der Waals surface area contributed by atoms with Gasteiger partial charge in [0.15, 0.2) is 6.29 Å². The van der Waals surface area contributed by atoms with Crippen LogP contribution in [-0.2, 0) is 9.59 Å². The van der Waals surface area contributed by atoms with Crippen molar-refractivity contribution in [2.75, 3.05) is 14.1 Å². The number of rotatable bonds is 5. The second-order valence-corrected chi connectivity index (χ2v) is 8.67. The van der Waals surface area contributed by atoms with E-state index in [1.807, 2.05) is 73.7 Å². The Hall–Kier alpha value is -4.44. The van der Waals surface area contributed by atoms with E-state index in [0.717, 1.165) is 44.9 Å². The van der Waals surface area contributed by atoms with E-state index in [0.29, 0.717) is 22.5 Å². The summed E-state index contributed by atoms with van der Waals surface area (Å²) in [5, 5.41) is 5.28. The predicted octanol–water partition coefficient (Wildman–Crippen LogP) is 5.83. The zero-order valence-electron chi connectivity index (χ0n) is 20.0. The molecule has 1 N–H and O–H groups in total. The van der Waals surface area contributed by atoms with Gasteiger partial charge in [0.05, 0.1) is 22.5 Å². The Morgan fingerprint density at radius 2 is 1.57 bits per heavy atom. The average molecular weight is 459 g/mol. The second kappa shape index (κ2) is 9.07. The Morgan fingerprint density at radius 1 is 0.857 bits per heavy atom. The molecule has 172 valence electrons. The van der Waals surface area contributed by atoms with Crippen LogP contribution in [0.3, 0.4) is 0 Å². The number of carbonyl (C=O) groups is 2. The molecule has 0 bridgehead atoms. The summed E-state index contributed by atoms with van der Waals surface area (Å²) in [4.78, 5) is 27.7. The molecule has 1 aliphatic heterocycles. The summed E-state index contributed by atoms with van der Waals surface area (Å²) in [5.74, 6) is -0.203. The highest BCUT2D eigenvalue weighted by Crippen LogP contribution is 2.40. The summed E-state index contributed by atoms with van der Waals surface area (Å²) in [7, 11) is 3.52. The number of fused-ring (bicyclic) bond motifs is 1. The number of amides is 1. The summed E-state index contributed by atoms with van der Waals surface area (Å²) in [5.41, 5.74) is 7.06. The molecule has 1 aliphatic rings. The van der Waals surface area contributed by atoms with Gasteiger partial charge in [-0.1, -0.05) is 91.0 Å². The molecule has 0 atom stereocenters. The smallest absolute Gasteiger partial charge is 0.260 e. The maximum Gasteiger partial charge on any atom is 0.260 e. The van der Waals surface area contributed by atoms with E-state index in [1.54, 1.807) is 19.0 Å². The predicted molar refractivity (Wildman–Crippen MR) is 142 cm³/mol. The van der Waals surface area contributed by atoms with E-state index in [9.17, 15) is 9.59 Å². The molecule has 4 aromatic carbocycles. The number of benzene rings is 4. The maximum absolute atomic E-state index is 13.6. The topological polar surface area (TPSA) is 49.4 Å². The first kappa shape index (κ1) is 22.4. The number of nitrogens with one attached hydrogen (secondary N) is 1. The molecule has 1 heterocycles. The Bertz CT molecular complexity index is 1530. The lowest BCUT2D eigenvalue weighted by Crippen LogP contribution is -2.22. The Morgan fingerprint density at radius 3 is 2.29 bits per heavy atom. The van der Waals surface area contributed by atoms with E-state index in [4.69, 9.17) is 0 Å². The van der Waals surface area contributed by atoms with Gasteiger partial charge in [-0.3, -0.25) is 9.59 Å². The van der Waals surface area contributed by atoms with Gasteiger partial charge in [-0.2, -0.15) is 0 Å². The van der Waals surface area contributed by atoms with Crippen molar-refractivity contribution in [2.24, 2.45) is 0 Å². The first-order chi connectivity index (χ1) is 17.0. The highest BCUT2D eigenvalue weighted by Gasteiger charge is 2.36. The lowest BCUT2D eigenvalue weighted by atomic mass is 9.93. The maximum atomic E-state index is 13.6. The van der Waals surface area contributed by atoms with Crippen molar-refractivity contribution in [1.29, 1.82) is 0 Å². The number of likely N-dealkylation sites (N-methyl/N-ethyl adjacent to an activating group) is 1. The summed E-state index contributed by atoms with van der Waals surface area (Å²) < 4.78 is 0. The zero-order chi connectivity index (χ0) is 24.5. The lowest BCUT2D eigenvalue weighted by molar-refractivity contribution is -0.122. The molecule has 0 aliphatic carbocycles. The number of hydrogen-bond donors (Lipinski definition) is 1. The molecule has 4 aromatic rings. The number of aldehydes is 1. The van der Waals surface area contributed by atoms with Gasteiger partial charge in [0.1, 0.15) is 0 Å². The third kappa shape index (κ3) is 3.73. The van der Waals surface area contributed by atoms with Crippen LogP contribution >= 0.6 is 0 Å². The van der Waals surface area contributed by atoms with Crippen LogP contribution in [0.1, 0.15) is 16.7 Å². The van der Waals surface area contributed by atoms with Gasteiger partial charge in [0.2, 0.25) is 0 Å². The quantitative estimate of drug-likeness (QED) is 0.302. The highest BCUT2D eigenvalue weighted by atomic mass is 16.2. The first-order valence-corrected chi connectivity index (χ1v) is 11.6. The standard InChI is InChI=1S/C31H26N2O2/c1-20-18-23(21-10-5-4-6-11-21)16-17-24(20)29(32-2)28-27(19-34)30(33(3)31(28)35)26-15-9-13-22-12-7-8-14-25(22)26/h4-19,32H,1-3H3/b29-28+. The van der Waals surface area contributed by atoms with E-state index in [2.05, 4.69) is 29.6 Å². The molecule has 5 rings (SSSR count). The molecule has 4 nitrogen and oxygen atoms in total. The summed E-state index contributed by atoms with van der Waals surface area (Å²) >= 11 is 0.